The minimum Gasteiger partial charge on any atom is -0.756 e. The van der Waals surface area contributed by atoms with Crippen LogP contribution in [0.4, 0.5) is 0 Å². The number of aliphatic hydroxyl groups is 1. The second-order valence-electron chi connectivity index (χ2n) is 26.3. The fourth-order valence-corrected chi connectivity index (χ4v) is 11.8. The van der Waals surface area contributed by atoms with Gasteiger partial charge in [-0.05, 0) is 57.8 Å². The Morgan fingerprint density at radius 1 is 0.429 bits per heavy atom. The van der Waals surface area contributed by atoms with E-state index in [1.807, 2.05) is 27.2 Å². The summed E-state index contributed by atoms with van der Waals surface area (Å²) in [7, 11) is 1.28. The summed E-state index contributed by atoms with van der Waals surface area (Å²) in [6, 6.07) is -0.888. The number of hydrogen-bond acceptors (Lipinski definition) is 6. The summed E-state index contributed by atoms with van der Waals surface area (Å²) in [5.41, 5.74) is 0. The van der Waals surface area contributed by atoms with Gasteiger partial charge in [0.2, 0.25) is 5.91 Å². The third kappa shape index (κ3) is 67.7. The van der Waals surface area contributed by atoms with Crippen molar-refractivity contribution in [3.63, 3.8) is 0 Å². The molecular weight excluding hydrogens is 1060 g/mol. The quantitative estimate of drug-likeness (QED) is 0.0272. The molecule has 0 aromatic heterocycles. The molecule has 0 aliphatic heterocycles. The maximum Gasteiger partial charge on any atom is 0.268 e. The van der Waals surface area contributed by atoms with Gasteiger partial charge in [-0.25, -0.2) is 0 Å². The van der Waals surface area contributed by atoms with Gasteiger partial charge in [-0.3, -0.25) is 9.36 Å². The molecule has 2 N–H and O–H groups in total. The number of nitrogens with one attached hydrogen (secondary N) is 1. The first-order chi connectivity index (χ1) is 41.0. The lowest BCUT2D eigenvalue weighted by molar-refractivity contribution is -0.870. The van der Waals surface area contributed by atoms with E-state index in [1.165, 1.54) is 276 Å². The minimum absolute atomic E-state index is 0.000260. The van der Waals surface area contributed by atoms with Gasteiger partial charge in [0, 0.05) is 6.42 Å². The Morgan fingerprint density at radius 2 is 0.726 bits per heavy atom. The SMILES string of the molecule is CC/C=C\C/C=C\C/C=C\C/C=C\CCCCCCCCCCCCCCCCCCCCCCCCC(=O)NC(COP(=O)([O-])OCC[N+](C)(C)C)C(O)/C=C/CCCCCCCCCCCCCCCCCCCCCCCCCCC. The van der Waals surface area contributed by atoms with Gasteiger partial charge in [-0.2, -0.15) is 0 Å². The predicted octanol–water partition coefficient (Wildman–Crippen LogP) is 22.9. The average Bonchev–Trinajstić information content (AvgIpc) is 3.56. The van der Waals surface area contributed by atoms with Crippen molar-refractivity contribution >= 4 is 13.7 Å². The lowest BCUT2D eigenvalue weighted by Crippen LogP contribution is -2.45. The number of unbranched alkanes of at least 4 members (excludes halogenated alkanes) is 47. The smallest absolute Gasteiger partial charge is 0.268 e. The number of phosphoric acid groups is 1. The molecule has 84 heavy (non-hydrogen) atoms. The van der Waals surface area contributed by atoms with Gasteiger partial charge in [0.1, 0.15) is 13.2 Å². The maximum absolute atomic E-state index is 13.1. The van der Waals surface area contributed by atoms with Crippen LogP contribution >= 0.6 is 7.82 Å². The van der Waals surface area contributed by atoms with E-state index >= 15 is 0 Å². The molecule has 3 unspecified atom stereocenters. The third-order valence-corrected chi connectivity index (χ3v) is 17.7. The lowest BCUT2D eigenvalue weighted by atomic mass is 10.0. The molecule has 3 atom stereocenters. The standard InChI is InChI=1S/C75H143N2O6P/c1-6-8-10-12-14-16-18-20-22-24-26-28-30-32-34-35-36-37-38-39-40-41-43-45-47-49-51-53-55-57-59-61-63-65-67-69-75(79)76-73(72-83-84(80,81)82-71-70-77(3,4)5)74(78)68-66-64-62-60-58-56-54-52-50-48-46-44-42-33-31-29-27-25-23-21-19-17-15-13-11-9-7-2/h8,10,14,16,20,22,26,28,66,68,73-74,78H,6-7,9,11-13,15,17-19,21,23-25,27,29-65,67,69-72H2,1-5H3,(H-,76,79,80,81)/b10-8-,16-14-,22-20-,28-26-,68-66+. The lowest BCUT2D eigenvalue weighted by Gasteiger charge is -2.29. The summed E-state index contributed by atoms with van der Waals surface area (Å²) < 4.78 is 23.5. The highest BCUT2D eigenvalue weighted by molar-refractivity contribution is 7.45. The fraction of sp³-hybridized carbons (Fsp3) is 0.853. The molecule has 0 aromatic rings. The van der Waals surface area contributed by atoms with E-state index in [1.54, 1.807) is 6.08 Å². The molecule has 0 aliphatic carbocycles. The summed E-state index contributed by atoms with van der Waals surface area (Å²) >= 11 is 0. The van der Waals surface area contributed by atoms with E-state index in [4.69, 9.17) is 9.05 Å². The molecule has 0 saturated heterocycles. The predicted molar refractivity (Wildman–Crippen MR) is 367 cm³/mol. The number of rotatable bonds is 68. The van der Waals surface area contributed by atoms with Gasteiger partial charge < -0.3 is 28.8 Å². The molecule has 0 radical (unpaired) electrons. The number of hydrogen-bond donors (Lipinski definition) is 2. The molecule has 0 heterocycles. The number of phosphoric ester groups is 1. The summed E-state index contributed by atoms with van der Waals surface area (Å²) in [4.78, 5) is 25.7. The van der Waals surface area contributed by atoms with E-state index in [0.29, 0.717) is 17.4 Å². The number of amides is 1. The molecule has 0 fully saturated rings. The molecule has 9 heteroatoms. The third-order valence-electron chi connectivity index (χ3n) is 16.7. The zero-order valence-corrected chi connectivity index (χ0v) is 57.5. The number of quaternary nitrogens is 1. The van der Waals surface area contributed by atoms with Crippen molar-refractivity contribution in [2.45, 2.75) is 373 Å². The van der Waals surface area contributed by atoms with Crippen LogP contribution in [-0.4, -0.2) is 68.5 Å². The van der Waals surface area contributed by atoms with Crippen LogP contribution in [0.5, 0.6) is 0 Å². The summed E-state index contributed by atoms with van der Waals surface area (Å²) in [6.45, 7) is 4.59. The zero-order chi connectivity index (χ0) is 61.2. The van der Waals surface area contributed by atoms with Crippen LogP contribution in [-0.2, 0) is 18.4 Å². The first kappa shape index (κ1) is 82.2. The van der Waals surface area contributed by atoms with E-state index < -0.39 is 20.0 Å². The van der Waals surface area contributed by atoms with Crippen LogP contribution < -0.4 is 10.2 Å². The van der Waals surface area contributed by atoms with E-state index in [-0.39, 0.29) is 19.1 Å². The highest BCUT2D eigenvalue weighted by Gasteiger charge is 2.23. The summed E-state index contributed by atoms with van der Waals surface area (Å²) in [6.07, 6.45) is 90.7. The summed E-state index contributed by atoms with van der Waals surface area (Å²) in [5, 5.41) is 14.0. The highest BCUT2D eigenvalue weighted by atomic mass is 31.2. The Hall–Kier alpha value is -1.80. The number of carbonyl (C=O) groups excluding carboxylic acids is 1. The van der Waals surface area contributed by atoms with Gasteiger partial charge in [-0.1, -0.05) is 357 Å². The van der Waals surface area contributed by atoms with Gasteiger partial charge >= 0.3 is 0 Å². The number of nitrogens with zero attached hydrogens (tertiary/aromatic N) is 1. The Bertz CT molecular complexity index is 1550. The minimum atomic E-state index is -4.60. The van der Waals surface area contributed by atoms with Crippen molar-refractivity contribution < 1.29 is 32.9 Å². The van der Waals surface area contributed by atoms with Crippen LogP contribution in [0.25, 0.3) is 0 Å². The molecular formula is C75H143N2O6P. The van der Waals surface area contributed by atoms with E-state index in [2.05, 4.69) is 67.8 Å². The zero-order valence-electron chi connectivity index (χ0n) is 56.6. The van der Waals surface area contributed by atoms with Crippen molar-refractivity contribution in [3.8, 4) is 0 Å². The number of aliphatic hydroxyl groups excluding tert-OH is 1. The van der Waals surface area contributed by atoms with Crippen LogP contribution in [0, 0.1) is 0 Å². The number of likely N-dealkylation sites (N-methyl/N-ethyl adjacent to an activating group) is 1. The van der Waals surface area contributed by atoms with Crippen molar-refractivity contribution in [1.82, 2.24) is 5.32 Å². The Kier molecular flexibility index (Phi) is 64.2. The van der Waals surface area contributed by atoms with E-state index in [0.717, 1.165) is 64.2 Å². The highest BCUT2D eigenvalue weighted by Crippen LogP contribution is 2.38. The van der Waals surface area contributed by atoms with Crippen LogP contribution in [0.15, 0.2) is 60.8 Å². The maximum atomic E-state index is 13.1. The van der Waals surface area contributed by atoms with Crippen molar-refractivity contribution in [2.24, 2.45) is 0 Å². The Morgan fingerprint density at radius 3 is 1.06 bits per heavy atom. The number of carbonyl (C=O) groups is 1. The number of allylic oxidation sites excluding steroid dienone is 9. The monoisotopic (exact) mass is 1200 g/mol. The van der Waals surface area contributed by atoms with Crippen molar-refractivity contribution in [2.75, 3.05) is 40.9 Å². The Labute approximate surface area is 523 Å². The van der Waals surface area contributed by atoms with Gasteiger partial charge in [0.15, 0.2) is 0 Å². The molecule has 0 aromatic carbocycles. The second-order valence-corrected chi connectivity index (χ2v) is 27.7. The summed E-state index contributed by atoms with van der Waals surface area (Å²) in [5.74, 6) is -0.190. The first-order valence-electron chi connectivity index (χ1n) is 36.7. The van der Waals surface area contributed by atoms with Crippen LogP contribution in [0.2, 0.25) is 0 Å². The van der Waals surface area contributed by atoms with E-state index in [9.17, 15) is 19.4 Å². The molecule has 0 saturated carbocycles. The average molecular weight is 1200 g/mol. The molecule has 0 rings (SSSR count). The van der Waals surface area contributed by atoms with Gasteiger partial charge in [0.05, 0.1) is 39.9 Å². The molecule has 0 bridgehead atoms. The largest absolute Gasteiger partial charge is 0.756 e. The molecule has 8 nitrogen and oxygen atoms in total. The van der Waals surface area contributed by atoms with Crippen LogP contribution in [0.1, 0.15) is 361 Å². The molecule has 0 spiro atoms. The first-order valence-corrected chi connectivity index (χ1v) is 38.1. The van der Waals surface area contributed by atoms with Crippen molar-refractivity contribution in [3.05, 3.63) is 60.8 Å². The van der Waals surface area contributed by atoms with Crippen LogP contribution in [0.3, 0.4) is 0 Å². The fourth-order valence-electron chi connectivity index (χ4n) is 11.1. The van der Waals surface area contributed by atoms with Gasteiger partial charge in [-0.15, -0.1) is 0 Å². The van der Waals surface area contributed by atoms with Crippen molar-refractivity contribution in [1.29, 1.82) is 0 Å². The topological polar surface area (TPSA) is 108 Å². The normalized spacial score (nSPS) is 13.9. The molecule has 0 aliphatic rings. The Balaban J connectivity index is 4.00. The van der Waals surface area contributed by atoms with Gasteiger partial charge in [0.25, 0.3) is 7.82 Å². The second kappa shape index (κ2) is 65.6. The molecule has 1 amide bonds. The molecule has 494 valence electrons.